The van der Waals surface area contributed by atoms with Gasteiger partial charge < -0.3 is 15.4 Å². The lowest BCUT2D eigenvalue weighted by Gasteiger charge is -2.12. The quantitative estimate of drug-likeness (QED) is 0.374. The Hall–Kier alpha value is -3.45. The zero-order valence-electron chi connectivity index (χ0n) is 14.8. The normalized spacial score (nSPS) is 10.6. The van der Waals surface area contributed by atoms with E-state index in [-0.39, 0.29) is 11.3 Å². The van der Waals surface area contributed by atoms with Crippen molar-refractivity contribution < 1.29 is 14.5 Å². The maximum Gasteiger partial charge on any atom is 0.270 e. The fraction of sp³-hybridized carbons (Fsp3) is 0.150. The standard InChI is InChI=1S/C20H19N3O4/c1-27-11-10-21-19-9-8-17(23(25)26)13-18(19)20(24)22-16-7-6-14-4-2-3-5-15(14)12-16/h2-9,12-13,21H,10-11H2,1H3,(H,22,24). The molecule has 2 N–H and O–H groups in total. The molecule has 3 rings (SSSR count). The molecule has 0 bridgehead atoms. The maximum absolute atomic E-state index is 12.8. The second-order valence-electron chi connectivity index (χ2n) is 5.92. The summed E-state index contributed by atoms with van der Waals surface area (Å²) in [6.07, 6.45) is 0. The smallest absolute Gasteiger partial charge is 0.270 e. The number of nitro groups is 1. The van der Waals surface area contributed by atoms with Crippen LogP contribution in [0.4, 0.5) is 17.1 Å². The van der Waals surface area contributed by atoms with Crippen LogP contribution in [0.25, 0.3) is 10.8 Å². The number of ether oxygens (including phenoxy) is 1. The third-order valence-corrected chi connectivity index (χ3v) is 4.09. The van der Waals surface area contributed by atoms with Crippen LogP contribution in [0.3, 0.4) is 0 Å². The van der Waals surface area contributed by atoms with Crippen LogP contribution in [-0.4, -0.2) is 31.1 Å². The summed E-state index contributed by atoms with van der Waals surface area (Å²) in [6.45, 7) is 0.924. The number of rotatable bonds is 7. The van der Waals surface area contributed by atoms with Crippen molar-refractivity contribution in [2.24, 2.45) is 0 Å². The van der Waals surface area contributed by atoms with Crippen molar-refractivity contribution >= 4 is 33.7 Å². The number of hydrogen-bond donors (Lipinski definition) is 2. The van der Waals surface area contributed by atoms with Gasteiger partial charge in [-0.2, -0.15) is 0 Å². The summed E-state index contributed by atoms with van der Waals surface area (Å²) in [7, 11) is 1.57. The molecule has 0 heterocycles. The number of fused-ring (bicyclic) bond motifs is 1. The van der Waals surface area contributed by atoms with E-state index in [0.717, 1.165) is 10.8 Å². The molecule has 0 aliphatic carbocycles. The van der Waals surface area contributed by atoms with Gasteiger partial charge in [-0.15, -0.1) is 0 Å². The number of methoxy groups -OCH3 is 1. The summed E-state index contributed by atoms with van der Waals surface area (Å²) in [5, 5.41) is 19.0. The van der Waals surface area contributed by atoms with Gasteiger partial charge in [-0.05, 0) is 29.0 Å². The summed E-state index contributed by atoms with van der Waals surface area (Å²) >= 11 is 0. The van der Waals surface area contributed by atoms with Crippen molar-refractivity contribution in [1.29, 1.82) is 0 Å². The Morgan fingerprint density at radius 2 is 1.85 bits per heavy atom. The summed E-state index contributed by atoms with van der Waals surface area (Å²) in [6, 6.07) is 17.5. The first-order valence-corrected chi connectivity index (χ1v) is 8.40. The molecule has 0 atom stereocenters. The Morgan fingerprint density at radius 1 is 1.07 bits per heavy atom. The number of benzene rings is 3. The predicted molar refractivity (Wildman–Crippen MR) is 105 cm³/mol. The molecule has 7 heteroatoms. The molecule has 3 aromatic rings. The minimum Gasteiger partial charge on any atom is -0.383 e. The first-order chi connectivity index (χ1) is 13.1. The molecule has 0 saturated heterocycles. The molecular formula is C20H19N3O4. The number of amides is 1. The highest BCUT2D eigenvalue weighted by atomic mass is 16.6. The van der Waals surface area contributed by atoms with Gasteiger partial charge in [0.05, 0.1) is 17.1 Å². The summed E-state index contributed by atoms with van der Waals surface area (Å²) < 4.78 is 4.99. The molecule has 3 aromatic carbocycles. The van der Waals surface area contributed by atoms with Gasteiger partial charge in [0.1, 0.15) is 0 Å². The SMILES string of the molecule is COCCNc1ccc([N+](=O)[O-])cc1C(=O)Nc1ccc2ccccc2c1. The fourth-order valence-corrected chi connectivity index (χ4v) is 2.74. The topological polar surface area (TPSA) is 93.5 Å². The molecule has 0 aliphatic heterocycles. The zero-order chi connectivity index (χ0) is 19.2. The van der Waals surface area contributed by atoms with Crippen LogP contribution in [0.5, 0.6) is 0 Å². The largest absolute Gasteiger partial charge is 0.383 e. The van der Waals surface area contributed by atoms with Crippen LogP contribution in [0.2, 0.25) is 0 Å². The molecule has 0 fully saturated rings. The van der Waals surface area contributed by atoms with Crippen LogP contribution in [0.15, 0.2) is 60.7 Å². The number of nitro benzene ring substituents is 1. The van der Waals surface area contributed by atoms with E-state index in [9.17, 15) is 14.9 Å². The number of non-ortho nitro benzene ring substituents is 1. The minimum absolute atomic E-state index is 0.143. The fourth-order valence-electron chi connectivity index (χ4n) is 2.74. The van der Waals surface area contributed by atoms with E-state index in [1.54, 1.807) is 13.2 Å². The molecular weight excluding hydrogens is 346 g/mol. The predicted octanol–water partition coefficient (Wildman–Crippen LogP) is 4.06. The average molecular weight is 365 g/mol. The van der Waals surface area contributed by atoms with E-state index >= 15 is 0 Å². The molecule has 1 amide bonds. The summed E-state index contributed by atoms with van der Waals surface area (Å²) in [4.78, 5) is 23.3. The lowest BCUT2D eigenvalue weighted by atomic mass is 10.1. The van der Waals surface area contributed by atoms with Crippen LogP contribution in [0, 0.1) is 10.1 Å². The van der Waals surface area contributed by atoms with Crippen molar-refractivity contribution in [2.45, 2.75) is 0 Å². The molecule has 7 nitrogen and oxygen atoms in total. The number of nitrogens with one attached hydrogen (secondary N) is 2. The van der Waals surface area contributed by atoms with Gasteiger partial charge in [-0.3, -0.25) is 14.9 Å². The third kappa shape index (κ3) is 4.39. The third-order valence-electron chi connectivity index (χ3n) is 4.09. The number of carbonyl (C=O) groups excluding carboxylic acids is 1. The molecule has 0 spiro atoms. The van der Waals surface area contributed by atoms with Crippen LogP contribution < -0.4 is 10.6 Å². The first kappa shape index (κ1) is 18.3. The highest BCUT2D eigenvalue weighted by Crippen LogP contribution is 2.24. The highest BCUT2D eigenvalue weighted by molar-refractivity contribution is 6.09. The van der Waals surface area contributed by atoms with Gasteiger partial charge in [-0.25, -0.2) is 0 Å². The molecule has 0 radical (unpaired) electrons. The van der Waals surface area contributed by atoms with Crippen molar-refractivity contribution in [3.05, 3.63) is 76.3 Å². The van der Waals surface area contributed by atoms with E-state index in [2.05, 4.69) is 10.6 Å². The Balaban J connectivity index is 1.88. The Bertz CT molecular complexity index is 988. The molecule has 138 valence electrons. The summed E-state index contributed by atoms with van der Waals surface area (Å²) in [5.74, 6) is -0.422. The second kappa shape index (κ2) is 8.29. The lowest BCUT2D eigenvalue weighted by molar-refractivity contribution is -0.384. The molecule has 27 heavy (non-hydrogen) atoms. The molecule has 0 aliphatic rings. The number of hydrogen-bond acceptors (Lipinski definition) is 5. The Labute approximate surface area is 156 Å². The zero-order valence-corrected chi connectivity index (χ0v) is 14.8. The van der Waals surface area contributed by atoms with Crippen molar-refractivity contribution in [3.63, 3.8) is 0 Å². The number of anilines is 2. The minimum atomic E-state index is -0.522. The number of carbonyl (C=O) groups is 1. The van der Waals surface area contributed by atoms with E-state index in [0.29, 0.717) is 24.5 Å². The average Bonchev–Trinajstić information content (AvgIpc) is 2.68. The Morgan fingerprint density at radius 3 is 2.59 bits per heavy atom. The van der Waals surface area contributed by atoms with Crippen LogP contribution in [0.1, 0.15) is 10.4 Å². The van der Waals surface area contributed by atoms with Gasteiger partial charge in [0.2, 0.25) is 0 Å². The van der Waals surface area contributed by atoms with Gasteiger partial charge in [0.25, 0.3) is 11.6 Å². The lowest BCUT2D eigenvalue weighted by Crippen LogP contribution is -2.17. The molecule has 0 aromatic heterocycles. The summed E-state index contributed by atoms with van der Waals surface area (Å²) in [5.41, 5.74) is 1.19. The van der Waals surface area contributed by atoms with Gasteiger partial charge in [0, 0.05) is 37.2 Å². The van der Waals surface area contributed by atoms with Crippen LogP contribution in [-0.2, 0) is 4.74 Å². The number of nitrogens with zero attached hydrogens (tertiary/aromatic N) is 1. The van der Waals surface area contributed by atoms with Gasteiger partial charge in [-0.1, -0.05) is 30.3 Å². The first-order valence-electron chi connectivity index (χ1n) is 8.40. The Kier molecular flexibility index (Phi) is 5.63. The van der Waals surface area contributed by atoms with Crippen molar-refractivity contribution in [1.82, 2.24) is 0 Å². The van der Waals surface area contributed by atoms with Gasteiger partial charge >= 0.3 is 0 Å². The molecule has 0 unspecified atom stereocenters. The van der Waals surface area contributed by atoms with E-state index < -0.39 is 10.8 Å². The van der Waals surface area contributed by atoms with E-state index in [4.69, 9.17) is 4.74 Å². The van der Waals surface area contributed by atoms with Crippen LogP contribution >= 0.6 is 0 Å². The molecule has 0 saturated carbocycles. The van der Waals surface area contributed by atoms with E-state index in [1.807, 2.05) is 36.4 Å². The van der Waals surface area contributed by atoms with Crippen molar-refractivity contribution in [2.75, 3.05) is 30.9 Å². The highest BCUT2D eigenvalue weighted by Gasteiger charge is 2.17. The second-order valence-corrected chi connectivity index (χ2v) is 5.92. The van der Waals surface area contributed by atoms with E-state index in [1.165, 1.54) is 18.2 Å². The maximum atomic E-state index is 12.8. The van der Waals surface area contributed by atoms with Gasteiger partial charge in [0.15, 0.2) is 0 Å². The monoisotopic (exact) mass is 365 g/mol. The van der Waals surface area contributed by atoms with Crippen molar-refractivity contribution in [3.8, 4) is 0 Å².